The van der Waals surface area contributed by atoms with Gasteiger partial charge in [0, 0.05) is 46.6 Å². The lowest BCUT2D eigenvalue weighted by atomic mass is 9.89. The topological polar surface area (TPSA) is 51.6 Å². The van der Waals surface area contributed by atoms with E-state index in [0.717, 1.165) is 62.6 Å². The van der Waals surface area contributed by atoms with Crippen LogP contribution in [-0.2, 0) is 6.42 Å². The molecule has 10 aromatic rings. The molecular weight excluding hydrogens is 693 g/mol. The van der Waals surface area contributed by atoms with Crippen molar-refractivity contribution < 1.29 is 0 Å². The fraction of sp³-hybridized carbons (Fsp3) is 0.0189. The molecule has 0 radical (unpaired) electrons. The van der Waals surface area contributed by atoms with Crippen LogP contribution in [0.1, 0.15) is 11.1 Å². The molecular formula is C53H34N4. The molecule has 0 N–H and O–H groups in total. The Morgan fingerprint density at radius 3 is 1.84 bits per heavy atom. The summed E-state index contributed by atoms with van der Waals surface area (Å²) in [6.45, 7) is 0. The molecule has 11 rings (SSSR count). The van der Waals surface area contributed by atoms with E-state index in [1.807, 2.05) is 36.7 Å². The molecule has 0 spiro atoms. The monoisotopic (exact) mass is 726 g/mol. The summed E-state index contributed by atoms with van der Waals surface area (Å²) >= 11 is 0. The summed E-state index contributed by atoms with van der Waals surface area (Å²) in [5.74, 6) is 0.664. The van der Waals surface area contributed by atoms with Crippen molar-refractivity contribution in [2.75, 3.05) is 0 Å². The first-order valence-corrected chi connectivity index (χ1v) is 19.3. The minimum Gasteiger partial charge on any atom is -0.256 e. The molecule has 0 saturated carbocycles. The van der Waals surface area contributed by atoms with Crippen LogP contribution in [0.3, 0.4) is 0 Å². The zero-order chi connectivity index (χ0) is 37.7. The standard InChI is InChI=1S/C53H34N4/c1-2-13-34(14-3-1)50-33-51(38-18-12-17-37(27-38)49-23-10-11-25-54-49)57-53(56-50)41-29-39(43-24-26-55-52-44-20-7-5-16-36(44)32-48(43)52)28-40(30-41)47-31-35-15-4-6-19-42(35)45-21-8-9-22-46(45)47/h1-31,33H,32H2. The van der Waals surface area contributed by atoms with Crippen molar-refractivity contribution in [2.45, 2.75) is 6.42 Å². The van der Waals surface area contributed by atoms with Gasteiger partial charge in [-0.05, 0) is 110 Å². The Labute approximate surface area is 330 Å². The van der Waals surface area contributed by atoms with E-state index in [1.165, 1.54) is 49.4 Å². The van der Waals surface area contributed by atoms with Gasteiger partial charge < -0.3 is 0 Å². The SMILES string of the molecule is c1ccc(-c2cc(-c3cccc(-c4ccccn4)c3)nc(-c3cc(-c4ccnc5c4Cc4ccccc4-5)cc(-c4cc5ccccc5c5ccccc45)c3)n2)cc1. The lowest BCUT2D eigenvalue weighted by molar-refractivity contribution is 1.18. The molecule has 1 aliphatic carbocycles. The minimum atomic E-state index is 0.664. The average molecular weight is 727 g/mol. The second-order valence-electron chi connectivity index (χ2n) is 14.6. The van der Waals surface area contributed by atoms with Crippen LogP contribution in [0, 0.1) is 0 Å². The lowest BCUT2D eigenvalue weighted by Crippen LogP contribution is -1.98. The van der Waals surface area contributed by atoms with Gasteiger partial charge in [0.25, 0.3) is 0 Å². The summed E-state index contributed by atoms with van der Waals surface area (Å²) in [6, 6.07) is 64.4. The number of pyridine rings is 2. The van der Waals surface area contributed by atoms with Crippen molar-refractivity contribution in [3.63, 3.8) is 0 Å². The van der Waals surface area contributed by atoms with Crippen LogP contribution < -0.4 is 0 Å². The molecule has 0 aliphatic heterocycles. The Bertz CT molecular complexity index is 3150. The molecule has 0 amide bonds. The highest BCUT2D eigenvalue weighted by atomic mass is 14.9. The van der Waals surface area contributed by atoms with Gasteiger partial charge in [0.15, 0.2) is 5.82 Å². The average Bonchev–Trinajstić information content (AvgIpc) is 3.68. The van der Waals surface area contributed by atoms with Crippen LogP contribution in [0.25, 0.3) is 100 Å². The van der Waals surface area contributed by atoms with Gasteiger partial charge in [0.05, 0.1) is 22.8 Å². The first kappa shape index (κ1) is 32.8. The number of rotatable bonds is 6. The zero-order valence-electron chi connectivity index (χ0n) is 31.0. The smallest absolute Gasteiger partial charge is 0.160 e. The van der Waals surface area contributed by atoms with E-state index >= 15 is 0 Å². The molecule has 57 heavy (non-hydrogen) atoms. The van der Waals surface area contributed by atoms with Crippen molar-refractivity contribution in [3.8, 4) is 78.7 Å². The van der Waals surface area contributed by atoms with Gasteiger partial charge in [0.2, 0.25) is 0 Å². The quantitative estimate of drug-likeness (QED) is 0.160. The molecule has 4 heteroatoms. The normalized spacial score (nSPS) is 11.8. The van der Waals surface area contributed by atoms with Crippen LogP contribution in [0.4, 0.5) is 0 Å². The molecule has 266 valence electrons. The van der Waals surface area contributed by atoms with E-state index in [4.69, 9.17) is 15.0 Å². The maximum absolute atomic E-state index is 5.38. The molecule has 0 atom stereocenters. The van der Waals surface area contributed by atoms with Gasteiger partial charge in [-0.25, -0.2) is 9.97 Å². The Morgan fingerprint density at radius 2 is 1.00 bits per heavy atom. The van der Waals surface area contributed by atoms with Crippen LogP contribution in [0.5, 0.6) is 0 Å². The third kappa shape index (κ3) is 5.87. The Morgan fingerprint density at radius 1 is 0.351 bits per heavy atom. The van der Waals surface area contributed by atoms with Crippen molar-refractivity contribution in [3.05, 3.63) is 206 Å². The minimum absolute atomic E-state index is 0.664. The molecule has 0 fully saturated rings. The highest BCUT2D eigenvalue weighted by Crippen LogP contribution is 2.43. The molecule has 0 unspecified atom stereocenters. The van der Waals surface area contributed by atoms with E-state index in [1.54, 1.807) is 0 Å². The summed E-state index contributed by atoms with van der Waals surface area (Å²) < 4.78 is 0. The van der Waals surface area contributed by atoms with Crippen LogP contribution in [0.15, 0.2) is 194 Å². The van der Waals surface area contributed by atoms with Crippen LogP contribution >= 0.6 is 0 Å². The molecule has 3 aromatic heterocycles. The zero-order valence-corrected chi connectivity index (χ0v) is 31.0. The maximum Gasteiger partial charge on any atom is 0.160 e. The molecule has 7 aromatic carbocycles. The summed E-state index contributed by atoms with van der Waals surface area (Å²) in [4.78, 5) is 20.3. The molecule has 3 heterocycles. The molecule has 0 bridgehead atoms. The predicted octanol–water partition coefficient (Wildman–Crippen LogP) is 13.1. The summed E-state index contributed by atoms with van der Waals surface area (Å²) in [7, 11) is 0. The third-order valence-corrected chi connectivity index (χ3v) is 11.2. The Hall–Kier alpha value is -7.56. The van der Waals surface area contributed by atoms with E-state index in [-0.39, 0.29) is 0 Å². The van der Waals surface area contributed by atoms with Gasteiger partial charge >= 0.3 is 0 Å². The first-order valence-electron chi connectivity index (χ1n) is 19.3. The number of fused-ring (bicyclic) bond motifs is 6. The van der Waals surface area contributed by atoms with E-state index in [0.29, 0.717) is 5.82 Å². The number of hydrogen-bond acceptors (Lipinski definition) is 4. The molecule has 1 aliphatic rings. The number of hydrogen-bond donors (Lipinski definition) is 0. The summed E-state index contributed by atoms with van der Waals surface area (Å²) in [5.41, 5.74) is 16.0. The third-order valence-electron chi connectivity index (χ3n) is 11.2. The van der Waals surface area contributed by atoms with Crippen LogP contribution in [-0.4, -0.2) is 19.9 Å². The number of benzene rings is 7. The van der Waals surface area contributed by atoms with Gasteiger partial charge in [0.1, 0.15) is 0 Å². The summed E-state index contributed by atoms with van der Waals surface area (Å²) in [5, 5.41) is 4.89. The number of aromatic nitrogens is 4. The summed E-state index contributed by atoms with van der Waals surface area (Å²) in [6.07, 6.45) is 4.62. The van der Waals surface area contributed by atoms with E-state index in [2.05, 4.69) is 163 Å². The second-order valence-corrected chi connectivity index (χ2v) is 14.6. The highest BCUT2D eigenvalue weighted by Gasteiger charge is 2.24. The van der Waals surface area contributed by atoms with Crippen molar-refractivity contribution in [2.24, 2.45) is 0 Å². The van der Waals surface area contributed by atoms with Gasteiger partial charge in [-0.15, -0.1) is 0 Å². The Balaban J connectivity index is 1.17. The molecule has 0 saturated heterocycles. The van der Waals surface area contributed by atoms with Crippen LogP contribution in [0.2, 0.25) is 0 Å². The van der Waals surface area contributed by atoms with Gasteiger partial charge in [-0.2, -0.15) is 0 Å². The van der Waals surface area contributed by atoms with E-state index < -0.39 is 0 Å². The maximum atomic E-state index is 5.38. The lowest BCUT2D eigenvalue weighted by Gasteiger charge is -2.16. The van der Waals surface area contributed by atoms with E-state index in [9.17, 15) is 0 Å². The number of nitrogens with zero attached hydrogens (tertiary/aromatic N) is 4. The first-order chi connectivity index (χ1) is 28.2. The highest BCUT2D eigenvalue weighted by molar-refractivity contribution is 6.14. The fourth-order valence-corrected chi connectivity index (χ4v) is 8.48. The fourth-order valence-electron chi connectivity index (χ4n) is 8.48. The van der Waals surface area contributed by atoms with Gasteiger partial charge in [-0.3, -0.25) is 9.97 Å². The van der Waals surface area contributed by atoms with Crippen molar-refractivity contribution >= 4 is 21.5 Å². The van der Waals surface area contributed by atoms with Crippen molar-refractivity contribution in [1.29, 1.82) is 0 Å². The second kappa shape index (κ2) is 13.6. The largest absolute Gasteiger partial charge is 0.256 e. The predicted molar refractivity (Wildman–Crippen MR) is 233 cm³/mol. The van der Waals surface area contributed by atoms with Crippen molar-refractivity contribution in [1.82, 2.24) is 19.9 Å². The Kier molecular flexibility index (Phi) is 7.85. The van der Waals surface area contributed by atoms with Gasteiger partial charge in [-0.1, -0.05) is 127 Å². The molecule has 4 nitrogen and oxygen atoms in total.